The topological polar surface area (TPSA) is 35.5 Å². The molecule has 0 heterocycles. The van der Waals surface area contributed by atoms with E-state index in [0.29, 0.717) is 11.3 Å². The molecule has 0 radical (unpaired) electrons. The molecule has 2 aromatic rings. The molecule has 0 fully saturated rings. The average molecular weight is 309 g/mol. The van der Waals surface area contributed by atoms with Crippen LogP contribution in [0.3, 0.4) is 0 Å². The zero-order valence-corrected chi connectivity index (χ0v) is 12.4. The van der Waals surface area contributed by atoms with Gasteiger partial charge in [0.2, 0.25) is 0 Å². The zero-order chi connectivity index (χ0) is 15.4. The number of rotatable bonds is 5. The summed E-state index contributed by atoms with van der Waals surface area (Å²) in [5.74, 6) is 0.217. The Morgan fingerprint density at radius 3 is 2.33 bits per heavy atom. The lowest BCUT2D eigenvalue weighted by molar-refractivity contribution is 0.0990. The van der Waals surface area contributed by atoms with Gasteiger partial charge in [0, 0.05) is 6.42 Å². The van der Waals surface area contributed by atoms with Crippen LogP contribution in [-0.2, 0) is 6.42 Å². The summed E-state index contributed by atoms with van der Waals surface area (Å²) < 4.78 is 23.2. The minimum Gasteiger partial charge on any atom is -0.495 e. The van der Waals surface area contributed by atoms with Crippen molar-refractivity contribution in [2.24, 2.45) is 0 Å². The van der Waals surface area contributed by atoms with Crippen molar-refractivity contribution in [1.29, 1.82) is 0 Å². The number of hydrogen-bond donors (Lipinski definition) is 0. The molecule has 3 nitrogen and oxygen atoms in total. The Hall–Kier alpha value is -2.07. The molecule has 0 aromatic heterocycles. The highest BCUT2D eigenvalue weighted by Gasteiger charge is 2.18. The van der Waals surface area contributed by atoms with Crippen LogP contribution >= 0.6 is 11.6 Å². The maximum Gasteiger partial charge on any atom is 0.171 e. The number of hydrogen-bond acceptors (Lipinski definition) is 3. The van der Waals surface area contributed by atoms with E-state index in [4.69, 9.17) is 21.1 Å². The first kappa shape index (κ1) is 15.3. The SMILES string of the molecule is COc1ccc(C(=O)Cc2ccc(F)cc2)c(OC)c1Cl. The van der Waals surface area contributed by atoms with Crippen molar-refractivity contribution in [3.63, 3.8) is 0 Å². The van der Waals surface area contributed by atoms with E-state index in [1.807, 2.05) is 0 Å². The standard InChI is InChI=1S/C16H14ClFO3/c1-20-14-8-7-12(16(21-2)15(14)17)13(19)9-10-3-5-11(18)6-4-10/h3-8H,9H2,1-2H3. The van der Waals surface area contributed by atoms with Gasteiger partial charge in [-0.05, 0) is 29.8 Å². The van der Waals surface area contributed by atoms with Gasteiger partial charge in [-0.1, -0.05) is 23.7 Å². The molecular weight excluding hydrogens is 295 g/mol. The molecule has 0 aliphatic heterocycles. The normalized spacial score (nSPS) is 10.3. The van der Waals surface area contributed by atoms with E-state index in [2.05, 4.69) is 0 Å². The van der Waals surface area contributed by atoms with Crippen molar-refractivity contribution in [2.45, 2.75) is 6.42 Å². The van der Waals surface area contributed by atoms with Gasteiger partial charge in [-0.15, -0.1) is 0 Å². The second-order valence-electron chi connectivity index (χ2n) is 4.39. The van der Waals surface area contributed by atoms with Crippen LogP contribution in [0, 0.1) is 5.82 Å². The van der Waals surface area contributed by atoms with Crippen LogP contribution in [0.5, 0.6) is 11.5 Å². The molecule has 0 aliphatic carbocycles. The lowest BCUT2D eigenvalue weighted by Gasteiger charge is -2.12. The Kier molecular flexibility index (Phi) is 4.81. The van der Waals surface area contributed by atoms with Gasteiger partial charge in [-0.3, -0.25) is 4.79 Å². The molecule has 21 heavy (non-hydrogen) atoms. The molecule has 0 atom stereocenters. The molecule has 2 aromatic carbocycles. The van der Waals surface area contributed by atoms with E-state index in [-0.39, 0.29) is 28.8 Å². The molecule has 5 heteroatoms. The van der Waals surface area contributed by atoms with Crippen molar-refractivity contribution in [2.75, 3.05) is 14.2 Å². The van der Waals surface area contributed by atoms with E-state index < -0.39 is 0 Å². The number of Topliss-reactive ketones (excluding diaryl/α,β-unsaturated/α-hetero) is 1. The van der Waals surface area contributed by atoms with E-state index in [1.165, 1.54) is 26.4 Å². The largest absolute Gasteiger partial charge is 0.495 e. The Morgan fingerprint density at radius 1 is 1.10 bits per heavy atom. The highest BCUT2D eigenvalue weighted by molar-refractivity contribution is 6.34. The summed E-state index contributed by atoms with van der Waals surface area (Å²) in [6.45, 7) is 0. The Labute approximate surface area is 127 Å². The van der Waals surface area contributed by atoms with Gasteiger partial charge < -0.3 is 9.47 Å². The third-order valence-corrected chi connectivity index (χ3v) is 3.42. The van der Waals surface area contributed by atoms with E-state index in [1.54, 1.807) is 24.3 Å². The summed E-state index contributed by atoms with van der Waals surface area (Å²) in [4.78, 5) is 12.4. The molecule has 0 amide bonds. The summed E-state index contributed by atoms with van der Waals surface area (Å²) in [6.07, 6.45) is 0.138. The van der Waals surface area contributed by atoms with Crippen molar-refractivity contribution in [3.05, 3.63) is 58.4 Å². The number of ether oxygens (including phenoxy) is 2. The molecule has 0 bridgehead atoms. The molecule has 0 unspecified atom stereocenters. The average Bonchev–Trinajstić information content (AvgIpc) is 2.49. The van der Waals surface area contributed by atoms with Gasteiger partial charge in [0.25, 0.3) is 0 Å². The van der Waals surface area contributed by atoms with Gasteiger partial charge in [0.05, 0.1) is 19.8 Å². The first-order valence-electron chi connectivity index (χ1n) is 6.25. The molecule has 2 rings (SSSR count). The highest BCUT2D eigenvalue weighted by Crippen LogP contribution is 2.37. The van der Waals surface area contributed by atoms with Crippen LogP contribution in [0.4, 0.5) is 4.39 Å². The number of carbonyl (C=O) groups is 1. The van der Waals surface area contributed by atoms with E-state index in [0.717, 1.165) is 5.56 Å². The van der Waals surface area contributed by atoms with Crippen LogP contribution in [0.25, 0.3) is 0 Å². The first-order chi connectivity index (χ1) is 10.1. The van der Waals surface area contributed by atoms with E-state index >= 15 is 0 Å². The second-order valence-corrected chi connectivity index (χ2v) is 4.77. The number of methoxy groups -OCH3 is 2. The summed E-state index contributed by atoms with van der Waals surface area (Å²) >= 11 is 6.13. The Morgan fingerprint density at radius 2 is 1.76 bits per heavy atom. The maximum absolute atomic E-state index is 12.9. The predicted octanol–water partition coefficient (Wildman–Crippen LogP) is 3.92. The van der Waals surface area contributed by atoms with Gasteiger partial charge >= 0.3 is 0 Å². The Bertz CT molecular complexity index is 653. The van der Waals surface area contributed by atoms with Gasteiger partial charge in [-0.2, -0.15) is 0 Å². The molecule has 0 spiro atoms. The zero-order valence-electron chi connectivity index (χ0n) is 11.7. The number of carbonyl (C=O) groups excluding carboxylic acids is 1. The third kappa shape index (κ3) is 3.34. The van der Waals surface area contributed by atoms with Crippen LogP contribution in [0.1, 0.15) is 15.9 Å². The summed E-state index contributed by atoms with van der Waals surface area (Å²) in [5, 5.41) is 0.255. The lowest BCUT2D eigenvalue weighted by Crippen LogP contribution is -2.06. The lowest BCUT2D eigenvalue weighted by atomic mass is 10.0. The first-order valence-corrected chi connectivity index (χ1v) is 6.62. The monoisotopic (exact) mass is 308 g/mol. The fraction of sp³-hybridized carbons (Fsp3) is 0.188. The van der Waals surface area contributed by atoms with Crippen molar-refractivity contribution in [1.82, 2.24) is 0 Å². The van der Waals surface area contributed by atoms with E-state index in [9.17, 15) is 9.18 Å². The van der Waals surface area contributed by atoms with Crippen molar-refractivity contribution < 1.29 is 18.7 Å². The van der Waals surface area contributed by atoms with Gasteiger partial charge in [0.1, 0.15) is 16.6 Å². The maximum atomic E-state index is 12.9. The van der Waals surface area contributed by atoms with Gasteiger partial charge in [-0.25, -0.2) is 4.39 Å². The fourth-order valence-electron chi connectivity index (χ4n) is 2.00. The molecule has 0 N–H and O–H groups in total. The number of benzene rings is 2. The summed E-state index contributed by atoms with van der Waals surface area (Å²) in [7, 11) is 2.93. The molecule has 0 saturated carbocycles. The minimum atomic E-state index is -0.337. The Balaban J connectivity index is 2.30. The second kappa shape index (κ2) is 6.59. The molecule has 0 aliphatic rings. The number of ketones is 1. The molecular formula is C16H14ClFO3. The number of halogens is 2. The van der Waals surface area contributed by atoms with Crippen molar-refractivity contribution in [3.8, 4) is 11.5 Å². The molecule has 0 saturated heterocycles. The minimum absolute atomic E-state index is 0.138. The smallest absolute Gasteiger partial charge is 0.171 e. The van der Waals surface area contributed by atoms with Crippen LogP contribution in [0.15, 0.2) is 36.4 Å². The highest BCUT2D eigenvalue weighted by atomic mass is 35.5. The fourth-order valence-corrected chi connectivity index (χ4v) is 2.32. The predicted molar refractivity (Wildman–Crippen MR) is 79.0 cm³/mol. The van der Waals surface area contributed by atoms with Crippen LogP contribution < -0.4 is 9.47 Å². The van der Waals surface area contributed by atoms with Crippen molar-refractivity contribution >= 4 is 17.4 Å². The summed E-state index contributed by atoms with van der Waals surface area (Å²) in [6, 6.07) is 9.01. The van der Waals surface area contributed by atoms with Crippen LogP contribution in [-0.4, -0.2) is 20.0 Å². The van der Waals surface area contributed by atoms with Gasteiger partial charge in [0.15, 0.2) is 11.5 Å². The summed E-state index contributed by atoms with van der Waals surface area (Å²) in [5.41, 5.74) is 1.09. The van der Waals surface area contributed by atoms with Crippen LogP contribution in [0.2, 0.25) is 5.02 Å². The molecule has 110 valence electrons. The quantitative estimate of drug-likeness (QED) is 0.785. The third-order valence-electron chi connectivity index (χ3n) is 3.06.